The monoisotopic (exact) mass is 272 g/mol. The number of benzene rings is 1. The van der Waals surface area contributed by atoms with E-state index in [-0.39, 0.29) is 23.5 Å². The summed E-state index contributed by atoms with van der Waals surface area (Å²) >= 11 is 0. The lowest BCUT2D eigenvalue weighted by atomic mass is 9.63. The number of phenolic OH excluding ortho intramolecular Hbond substituents is 1. The highest BCUT2D eigenvalue weighted by molar-refractivity contribution is 5.68. The maximum absolute atomic E-state index is 10.9. The number of aliphatic carboxylic acids is 1. The Morgan fingerprint density at radius 2 is 2.15 bits per heavy atom. The van der Waals surface area contributed by atoms with Gasteiger partial charge in [0.05, 0.1) is 0 Å². The van der Waals surface area contributed by atoms with Crippen molar-refractivity contribution in [2.24, 2.45) is 5.92 Å². The Hall–Kier alpha value is -2.03. The van der Waals surface area contributed by atoms with Gasteiger partial charge in [-0.05, 0) is 36.6 Å². The molecule has 1 aliphatic carbocycles. The standard InChI is InChI=1S/C17H20O3/c1-11(2)14-7-5-12-4-6-13(18)10-15(12)17(14,3)9-8-16(19)20/h4-7,10,14,18H,1,8-9H2,2-3H3,(H,19,20)/t14-,17-/m1/s1. The highest BCUT2D eigenvalue weighted by atomic mass is 16.4. The minimum absolute atomic E-state index is 0.0798. The molecule has 0 fully saturated rings. The van der Waals surface area contributed by atoms with Crippen molar-refractivity contribution in [1.29, 1.82) is 0 Å². The van der Waals surface area contributed by atoms with Crippen LogP contribution >= 0.6 is 0 Å². The summed E-state index contributed by atoms with van der Waals surface area (Å²) in [7, 11) is 0. The lowest BCUT2D eigenvalue weighted by molar-refractivity contribution is -0.137. The number of carboxylic acids is 1. The maximum Gasteiger partial charge on any atom is 0.303 e. The summed E-state index contributed by atoms with van der Waals surface area (Å²) in [6, 6.07) is 5.27. The van der Waals surface area contributed by atoms with E-state index < -0.39 is 5.97 Å². The zero-order chi connectivity index (χ0) is 14.9. The van der Waals surface area contributed by atoms with E-state index in [0.29, 0.717) is 6.42 Å². The van der Waals surface area contributed by atoms with Gasteiger partial charge in [0.15, 0.2) is 0 Å². The topological polar surface area (TPSA) is 57.5 Å². The van der Waals surface area contributed by atoms with Crippen LogP contribution in [0.5, 0.6) is 5.75 Å². The lowest BCUT2D eigenvalue weighted by Crippen LogP contribution is -2.35. The van der Waals surface area contributed by atoms with Crippen molar-refractivity contribution in [2.75, 3.05) is 0 Å². The lowest BCUT2D eigenvalue weighted by Gasteiger charge is -2.40. The van der Waals surface area contributed by atoms with Gasteiger partial charge in [-0.3, -0.25) is 4.79 Å². The second-order valence-corrected chi connectivity index (χ2v) is 5.77. The van der Waals surface area contributed by atoms with Gasteiger partial charge in [0.2, 0.25) is 0 Å². The number of carboxylic acid groups (broad SMARTS) is 1. The van der Waals surface area contributed by atoms with Gasteiger partial charge in [0.1, 0.15) is 5.75 Å². The molecule has 1 aliphatic rings. The molecule has 0 spiro atoms. The Kier molecular flexibility index (Phi) is 3.71. The molecule has 0 heterocycles. The third-order valence-corrected chi connectivity index (χ3v) is 4.20. The zero-order valence-corrected chi connectivity index (χ0v) is 11.9. The number of rotatable bonds is 4. The average Bonchev–Trinajstić information content (AvgIpc) is 2.37. The minimum atomic E-state index is -0.803. The van der Waals surface area contributed by atoms with Crippen molar-refractivity contribution >= 4 is 12.0 Å². The molecule has 2 N–H and O–H groups in total. The Morgan fingerprint density at radius 1 is 1.45 bits per heavy atom. The second kappa shape index (κ2) is 5.16. The molecule has 0 unspecified atom stereocenters. The summed E-state index contributed by atoms with van der Waals surface area (Å²) in [5, 5.41) is 18.8. The molecule has 0 saturated heterocycles. The molecule has 0 amide bonds. The number of fused-ring (bicyclic) bond motifs is 1. The average molecular weight is 272 g/mol. The van der Waals surface area contributed by atoms with Crippen LogP contribution in [0.15, 0.2) is 36.4 Å². The SMILES string of the molecule is C=C(C)[C@H]1C=Cc2ccc(O)cc2[C@]1(C)CCC(=O)O. The minimum Gasteiger partial charge on any atom is -0.508 e. The Labute approximate surface area is 119 Å². The molecular formula is C17H20O3. The fraction of sp³-hybridized carbons (Fsp3) is 0.353. The third-order valence-electron chi connectivity index (χ3n) is 4.20. The summed E-state index contributed by atoms with van der Waals surface area (Å²) in [5.74, 6) is -0.514. The number of hydrogen-bond acceptors (Lipinski definition) is 2. The van der Waals surface area contributed by atoms with Gasteiger partial charge in [-0.15, -0.1) is 0 Å². The summed E-state index contributed by atoms with van der Waals surface area (Å²) in [6.45, 7) is 8.05. The van der Waals surface area contributed by atoms with Crippen molar-refractivity contribution in [3.63, 3.8) is 0 Å². The largest absolute Gasteiger partial charge is 0.508 e. The molecule has 0 radical (unpaired) electrons. The van der Waals surface area contributed by atoms with Gasteiger partial charge >= 0.3 is 5.97 Å². The third kappa shape index (κ3) is 2.48. The van der Waals surface area contributed by atoms with Crippen molar-refractivity contribution in [2.45, 2.75) is 32.1 Å². The van der Waals surface area contributed by atoms with E-state index in [4.69, 9.17) is 5.11 Å². The van der Waals surface area contributed by atoms with Gasteiger partial charge in [-0.2, -0.15) is 0 Å². The number of carbonyl (C=O) groups is 1. The normalized spacial score (nSPS) is 24.2. The smallest absolute Gasteiger partial charge is 0.303 e. The second-order valence-electron chi connectivity index (χ2n) is 5.77. The summed E-state index contributed by atoms with van der Waals surface area (Å²) in [6.07, 6.45) is 4.73. The van der Waals surface area contributed by atoms with Gasteiger partial charge < -0.3 is 10.2 Å². The molecule has 106 valence electrons. The summed E-state index contributed by atoms with van der Waals surface area (Å²) < 4.78 is 0. The molecule has 2 rings (SSSR count). The van der Waals surface area contributed by atoms with E-state index in [1.807, 2.05) is 19.1 Å². The molecule has 2 atom stereocenters. The van der Waals surface area contributed by atoms with E-state index >= 15 is 0 Å². The zero-order valence-electron chi connectivity index (χ0n) is 11.9. The molecule has 0 aliphatic heterocycles. The first-order valence-corrected chi connectivity index (χ1v) is 6.73. The Bertz CT molecular complexity index is 586. The highest BCUT2D eigenvalue weighted by Gasteiger charge is 2.38. The van der Waals surface area contributed by atoms with Crippen molar-refractivity contribution in [1.82, 2.24) is 0 Å². The molecular weight excluding hydrogens is 252 g/mol. The molecule has 20 heavy (non-hydrogen) atoms. The first-order valence-electron chi connectivity index (χ1n) is 6.73. The predicted octanol–water partition coefficient (Wildman–Crippen LogP) is 3.73. The van der Waals surface area contributed by atoms with E-state index in [9.17, 15) is 9.90 Å². The van der Waals surface area contributed by atoms with Crippen LogP contribution in [0.1, 0.15) is 37.8 Å². The summed E-state index contributed by atoms with van der Waals surface area (Å²) in [4.78, 5) is 10.9. The van der Waals surface area contributed by atoms with Crippen LogP contribution in [0.25, 0.3) is 6.08 Å². The van der Waals surface area contributed by atoms with Gasteiger partial charge in [0.25, 0.3) is 0 Å². The van der Waals surface area contributed by atoms with E-state index in [2.05, 4.69) is 19.6 Å². The van der Waals surface area contributed by atoms with Gasteiger partial charge in [0, 0.05) is 17.8 Å². The van der Waals surface area contributed by atoms with Crippen LogP contribution in [0, 0.1) is 5.92 Å². The van der Waals surface area contributed by atoms with Crippen LogP contribution < -0.4 is 0 Å². The molecule has 0 aromatic heterocycles. The molecule has 3 nitrogen and oxygen atoms in total. The molecule has 1 aromatic rings. The van der Waals surface area contributed by atoms with Crippen LogP contribution in [0.2, 0.25) is 0 Å². The predicted molar refractivity (Wildman–Crippen MR) is 79.7 cm³/mol. The summed E-state index contributed by atoms with van der Waals surface area (Å²) in [5.41, 5.74) is 2.68. The van der Waals surface area contributed by atoms with Crippen LogP contribution in [0.3, 0.4) is 0 Å². The Morgan fingerprint density at radius 3 is 2.75 bits per heavy atom. The molecule has 0 saturated carbocycles. The van der Waals surface area contributed by atoms with Crippen molar-refractivity contribution in [3.05, 3.63) is 47.6 Å². The first-order chi connectivity index (χ1) is 9.34. The molecule has 3 heteroatoms. The number of allylic oxidation sites excluding steroid dienone is 2. The van der Waals surface area contributed by atoms with Crippen LogP contribution in [-0.2, 0) is 10.2 Å². The molecule has 0 bridgehead atoms. The van der Waals surface area contributed by atoms with Gasteiger partial charge in [-0.1, -0.05) is 37.3 Å². The van der Waals surface area contributed by atoms with E-state index in [1.54, 1.807) is 12.1 Å². The van der Waals surface area contributed by atoms with Crippen LogP contribution in [-0.4, -0.2) is 16.2 Å². The fourth-order valence-corrected chi connectivity index (χ4v) is 3.13. The van der Waals surface area contributed by atoms with E-state index in [0.717, 1.165) is 16.7 Å². The maximum atomic E-state index is 10.9. The Balaban J connectivity index is 2.52. The fourth-order valence-electron chi connectivity index (χ4n) is 3.13. The van der Waals surface area contributed by atoms with Crippen molar-refractivity contribution in [3.8, 4) is 5.75 Å². The number of phenols is 1. The number of hydrogen-bond donors (Lipinski definition) is 2. The molecule has 1 aromatic carbocycles. The van der Waals surface area contributed by atoms with E-state index in [1.165, 1.54) is 0 Å². The number of aromatic hydroxyl groups is 1. The van der Waals surface area contributed by atoms with Crippen molar-refractivity contribution < 1.29 is 15.0 Å². The first kappa shape index (κ1) is 14.4. The highest BCUT2D eigenvalue weighted by Crippen LogP contribution is 2.46. The van der Waals surface area contributed by atoms with Crippen LogP contribution in [0.4, 0.5) is 0 Å². The van der Waals surface area contributed by atoms with Gasteiger partial charge in [-0.25, -0.2) is 0 Å². The quantitative estimate of drug-likeness (QED) is 0.821.